The van der Waals surface area contributed by atoms with Crippen LogP contribution in [0.25, 0.3) is 0 Å². The fourth-order valence-corrected chi connectivity index (χ4v) is 2.32. The average molecular weight is 309 g/mol. The van der Waals surface area contributed by atoms with Gasteiger partial charge in [0.15, 0.2) is 17.3 Å². The Balaban J connectivity index is 2.59. The SMILES string of the molecule is COc1cc(C)c(C(=O)c2c(F)cccc2Cl)cc1OC. The second kappa shape index (κ2) is 6.14. The summed E-state index contributed by atoms with van der Waals surface area (Å²) in [4.78, 5) is 12.6. The molecule has 2 rings (SSSR count). The molecule has 21 heavy (non-hydrogen) atoms. The molecular weight excluding hydrogens is 295 g/mol. The minimum Gasteiger partial charge on any atom is -0.493 e. The van der Waals surface area contributed by atoms with Gasteiger partial charge >= 0.3 is 0 Å². The van der Waals surface area contributed by atoms with Crippen molar-refractivity contribution in [2.45, 2.75) is 6.92 Å². The van der Waals surface area contributed by atoms with Crippen molar-refractivity contribution in [3.8, 4) is 11.5 Å². The highest BCUT2D eigenvalue weighted by Gasteiger charge is 2.21. The molecule has 110 valence electrons. The number of ether oxygens (including phenoxy) is 2. The molecule has 0 aliphatic rings. The molecule has 0 spiro atoms. The van der Waals surface area contributed by atoms with E-state index in [9.17, 15) is 9.18 Å². The summed E-state index contributed by atoms with van der Waals surface area (Å²) in [6.07, 6.45) is 0. The first-order valence-electron chi connectivity index (χ1n) is 6.21. The zero-order chi connectivity index (χ0) is 15.6. The molecule has 0 unspecified atom stereocenters. The number of methoxy groups -OCH3 is 2. The van der Waals surface area contributed by atoms with Gasteiger partial charge in [0.05, 0.1) is 24.8 Å². The smallest absolute Gasteiger partial charge is 0.197 e. The molecule has 0 atom stereocenters. The van der Waals surface area contributed by atoms with Crippen molar-refractivity contribution in [2.75, 3.05) is 14.2 Å². The Kier molecular flexibility index (Phi) is 4.48. The summed E-state index contributed by atoms with van der Waals surface area (Å²) in [6.45, 7) is 1.74. The topological polar surface area (TPSA) is 35.5 Å². The zero-order valence-corrected chi connectivity index (χ0v) is 12.6. The average Bonchev–Trinajstić information content (AvgIpc) is 2.46. The maximum Gasteiger partial charge on any atom is 0.197 e. The largest absolute Gasteiger partial charge is 0.493 e. The van der Waals surface area contributed by atoms with Gasteiger partial charge in [-0.15, -0.1) is 0 Å². The molecule has 5 heteroatoms. The minimum absolute atomic E-state index is 0.0779. The van der Waals surface area contributed by atoms with E-state index in [1.807, 2.05) is 0 Å². The van der Waals surface area contributed by atoms with Crippen LogP contribution in [0.1, 0.15) is 21.5 Å². The van der Waals surface area contributed by atoms with Crippen LogP contribution in [0, 0.1) is 12.7 Å². The highest BCUT2D eigenvalue weighted by molar-refractivity contribution is 6.35. The highest BCUT2D eigenvalue weighted by Crippen LogP contribution is 2.32. The maximum atomic E-state index is 13.9. The van der Waals surface area contributed by atoms with Crippen LogP contribution < -0.4 is 9.47 Å². The number of rotatable bonds is 4. The summed E-state index contributed by atoms with van der Waals surface area (Å²) in [5, 5.41) is 0.0779. The number of carbonyl (C=O) groups excluding carboxylic acids is 1. The van der Waals surface area contributed by atoms with Crippen LogP contribution in [-0.2, 0) is 0 Å². The lowest BCUT2D eigenvalue weighted by atomic mass is 9.98. The molecule has 2 aromatic carbocycles. The molecule has 0 saturated carbocycles. The first-order valence-corrected chi connectivity index (χ1v) is 6.58. The Hall–Kier alpha value is -2.07. The van der Waals surface area contributed by atoms with Gasteiger partial charge in [-0.1, -0.05) is 17.7 Å². The molecule has 0 heterocycles. The number of ketones is 1. The van der Waals surface area contributed by atoms with Gasteiger partial charge in [0.1, 0.15) is 5.82 Å². The Morgan fingerprint density at radius 3 is 2.33 bits per heavy atom. The van der Waals surface area contributed by atoms with Crippen LogP contribution in [0.4, 0.5) is 4.39 Å². The molecule has 0 fully saturated rings. The highest BCUT2D eigenvalue weighted by atomic mass is 35.5. The fraction of sp³-hybridized carbons (Fsp3) is 0.188. The van der Waals surface area contributed by atoms with Crippen LogP contribution in [0.3, 0.4) is 0 Å². The number of halogens is 2. The lowest BCUT2D eigenvalue weighted by Gasteiger charge is -2.13. The van der Waals surface area contributed by atoms with Crippen LogP contribution in [-0.4, -0.2) is 20.0 Å². The van der Waals surface area contributed by atoms with Crippen molar-refractivity contribution in [3.05, 3.63) is 57.9 Å². The first kappa shape index (κ1) is 15.3. The van der Waals surface area contributed by atoms with E-state index in [0.717, 1.165) is 0 Å². The predicted octanol–water partition coefficient (Wildman–Crippen LogP) is 4.04. The first-order chi connectivity index (χ1) is 9.99. The number of carbonyl (C=O) groups is 1. The quantitative estimate of drug-likeness (QED) is 0.800. The van der Waals surface area contributed by atoms with Crippen molar-refractivity contribution in [3.63, 3.8) is 0 Å². The molecule has 0 N–H and O–H groups in total. The van der Waals surface area contributed by atoms with Gasteiger partial charge in [-0.05, 0) is 36.8 Å². The molecule has 0 aliphatic carbocycles. The normalized spacial score (nSPS) is 10.3. The summed E-state index contributed by atoms with van der Waals surface area (Å²) in [5.74, 6) is -0.233. The Labute approximate surface area is 127 Å². The van der Waals surface area contributed by atoms with Gasteiger partial charge in [-0.25, -0.2) is 4.39 Å². The zero-order valence-electron chi connectivity index (χ0n) is 11.9. The number of aryl methyl sites for hydroxylation is 1. The minimum atomic E-state index is -0.651. The number of hydrogen-bond donors (Lipinski definition) is 0. The molecule has 0 aromatic heterocycles. The summed E-state index contributed by atoms with van der Waals surface area (Å²) >= 11 is 5.94. The van der Waals surface area contributed by atoms with Gasteiger partial charge in [-0.3, -0.25) is 4.79 Å². The summed E-state index contributed by atoms with van der Waals surface area (Å²) in [7, 11) is 2.98. The van der Waals surface area contributed by atoms with Crippen LogP contribution >= 0.6 is 11.6 Å². The van der Waals surface area contributed by atoms with Crippen molar-refractivity contribution in [1.82, 2.24) is 0 Å². The molecule has 3 nitrogen and oxygen atoms in total. The summed E-state index contributed by atoms with van der Waals surface area (Å²) < 4.78 is 24.2. The fourth-order valence-electron chi connectivity index (χ4n) is 2.07. The van der Waals surface area contributed by atoms with E-state index in [1.54, 1.807) is 13.0 Å². The van der Waals surface area contributed by atoms with Gasteiger partial charge in [0.25, 0.3) is 0 Å². The predicted molar refractivity (Wildman–Crippen MR) is 79.1 cm³/mol. The second-order valence-corrected chi connectivity index (χ2v) is 4.86. The Morgan fingerprint density at radius 1 is 1.14 bits per heavy atom. The Bertz CT molecular complexity index is 678. The third-order valence-electron chi connectivity index (χ3n) is 3.16. The standard InChI is InChI=1S/C16H14ClFO3/c1-9-7-13(20-2)14(21-3)8-10(9)16(19)15-11(17)5-4-6-12(15)18/h4-8H,1-3H3. The van der Waals surface area contributed by atoms with Gasteiger partial charge in [0.2, 0.25) is 0 Å². The molecule has 0 aliphatic heterocycles. The van der Waals surface area contributed by atoms with Crippen LogP contribution in [0.15, 0.2) is 30.3 Å². The van der Waals surface area contributed by atoms with Gasteiger partial charge < -0.3 is 9.47 Å². The monoisotopic (exact) mass is 308 g/mol. The van der Waals surface area contributed by atoms with E-state index >= 15 is 0 Å². The van der Waals surface area contributed by atoms with Gasteiger partial charge in [0, 0.05) is 5.56 Å². The van der Waals surface area contributed by atoms with Gasteiger partial charge in [-0.2, -0.15) is 0 Å². The lowest BCUT2D eigenvalue weighted by Crippen LogP contribution is -2.08. The molecule has 0 bridgehead atoms. The van der Waals surface area contributed by atoms with E-state index in [-0.39, 0.29) is 10.6 Å². The molecular formula is C16H14ClFO3. The maximum absolute atomic E-state index is 13.9. The molecule has 0 amide bonds. The lowest BCUT2D eigenvalue weighted by molar-refractivity contribution is 0.103. The van der Waals surface area contributed by atoms with E-state index in [4.69, 9.17) is 21.1 Å². The van der Waals surface area contributed by atoms with Crippen LogP contribution in [0.5, 0.6) is 11.5 Å². The summed E-state index contributed by atoms with van der Waals surface area (Å²) in [6, 6.07) is 7.33. The number of hydrogen-bond acceptors (Lipinski definition) is 3. The molecule has 0 radical (unpaired) electrons. The molecule has 2 aromatic rings. The van der Waals surface area contributed by atoms with Crippen molar-refractivity contribution < 1.29 is 18.7 Å². The van der Waals surface area contributed by atoms with E-state index < -0.39 is 11.6 Å². The van der Waals surface area contributed by atoms with E-state index in [0.29, 0.717) is 22.6 Å². The second-order valence-electron chi connectivity index (χ2n) is 4.45. The third kappa shape index (κ3) is 2.85. The van der Waals surface area contributed by atoms with Crippen molar-refractivity contribution in [2.24, 2.45) is 0 Å². The Morgan fingerprint density at radius 2 is 1.76 bits per heavy atom. The van der Waals surface area contributed by atoms with Crippen molar-refractivity contribution >= 4 is 17.4 Å². The van der Waals surface area contributed by atoms with Crippen LogP contribution in [0.2, 0.25) is 5.02 Å². The molecule has 0 saturated heterocycles. The van der Waals surface area contributed by atoms with E-state index in [1.165, 1.54) is 38.5 Å². The van der Waals surface area contributed by atoms with E-state index in [2.05, 4.69) is 0 Å². The number of benzene rings is 2. The van der Waals surface area contributed by atoms with Crippen molar-refractivity contribution in [1.29, 1.82) is 0 Å². The third-order valence-corrected chi connectivity index (χ3v) is 3.48. The summed E-state index contributed by atoms with van der Waals surface area (Å²) in [5.41, 5.74) is 0.825.